The molecule has 2 unspecified atom stereocenters. The second kappa shape index (κ2) is 4.56. The molecule has 1 saturated heterocycles. The molecule has 1 aliphatic heterocycles. The van der Waals surface area contributed by atoms with Gasteiger partial charge in [-0.2, -0.15) is 0 Å². The van der Waals surface area contributed by atoms with Crippen molar-refractivity contribution in [2.45, 2.75) is 50.5 Å². The highest BCUT2D eigenvalue weighted by atomic mass is 32.2. The minimum Gasteiger partial charge on any atom is -0.480 e. The molecule has 1 heterocycles. The predicted octanol–water partition coefficient (Wildman–Crippen LogP) is 2.34. The van der Waals surface area contributed by atoms with Gasteiger partial charge in [-0.1, -0.05) is 27.2 Å². The molecule has 0 spiro atoms. The highest BCUT2D eigenvalue weighted by Crippen LogP contribution is 2.36. The van der Waals surface area contributed by atoms with Crippen LogP contribution in [-0.2, 0) is 9.59 Å². The summed E-state index contributed by atoms with van der Waals surface area (Å²) >= 11 is 1.33. The fourth-order valence-corrected chi connectivity index (χ4v) is 3.28. The van der Waals surface area contributed by atoms with E-state index in [2.05, 4.69) is 0 Å². The Balaban J connectivity index is 2.64. The zero-order valence-corrected chi connectivity index (χ0v) is 10.3. The average Bonchev–Trinajstić information content (AvgIpc) is 2.15. The largest absolute Gasteiger partial charge is 0.480 e. The van der Waals surface area contributed by atoms with Gasteiger partial charge in [0.25, 0.3) is 0 Å². The summed E-state index contributed by atoms with van der Waals surface area (Å²) in [5, 5.41) is 8.39. The summed E-state index contributed by atoms with van der Waals surface area (Å²) in [5.74, 6) is -0.607. The zero-order chi connectivity index (χ0) is 11.6. The van der Waals surface area contributed by atoms with Gasteiger partial charge in [0.2, 0.25) is 0 Å². The summed E-state index contributed by atoms with van der Waals surface area (Å²) in [6.45, 7) is 5.67. The number of hydrogen-bond acceptors (Lipinski definition) is 3. The van der Waals surface area contributed by atoms with Crippen LogP contribution in [-0.4, -0.2) is 27.4 Å². The summed E-state index contributed by atoms with van der Waals surface area (Å²) in [6, 6.07) is 0. The van der Waals surface area contributed by atoms with Crippen molar-refractivity contribution in [2.24, 2.45) is 5.41 Å². The van der Waals surface area contributed by atoms with E-state index in [0.29, 0.717) is 6.42 Å². The van der Waals surface area contributed by atoms with E-state index in [1.165, 1.54) is 11.8 Å². The lowest BCUT2D eigenvalue weighted by Gasteiger charge is -2.29. The van der Waals surface area contributed by atoms with Crippen molar-refractivity contribution in [3.05, 3.63) is 0 Å². The monoisotopic (exact) mass is 230 g/mol. The molecule has 0 radical (unpaired) electrons. The number of Topliss-reactive ketones (excluding diaryl/α,β-unsaturated/α-hetero) is 1. The topological polar surface area (TPSA) is 54.4 Å². The SMILES string of the molecule is CC(C)(C)C(=O)C1CCCC(C(=O)O)S1. The molecule has 0 aromatic heterocycles. The highest BCUT2D eigenvalue weighted by Gasteiger charge is 2.36. The molecule has 0 aromatic carbocycles. The summed E-state index contributed by atoms with van der Waals surface area (Å²) in [7, 11) is 0. The van der Waals surface area contributed by atoms with Crippen LogP contribution in [0.4, 0.5) is 0 Å². The number of carboxylic acid groups (broad SMARTS) is 1. The van der Waals surface area contributed by atoms with Crippen molar-refractivity contribution in [3.63, 3.8) is 0 Å². The first-order valence-electron chi connectivity index (χ1n) is 5.25. The molecule has 1 fully saturated rings. The summed E-state index contributed by atoms with van der Waals surface area (Å²) in [6.07, 6.45) is 2.36. The minimum absolute atomic E-state index is 0.125. The van der Waals surface area contributed by atoms with Gasteiger partial charge in [0.1, 0.15) is 5.25 Å². The van der Waals surface area contributed by atoms with E-state index in [1.54, 1.807) is 0 Å². The number of carbonyl (C=O) groups is 2. The number of rotatable bonds is 2. The quantitative estimate of drug-likeness (QED) is 0.791. The molecule has 15 heavy (non-hydrogen) atoms. The van der Waals surface area contributed by atoms with Crippen LogP contribution in [0.5, 0.6) is 0 Å². The smallest absolute Gasteiger partial charge is 0.316 e. The van der Waals surface area contributed by atoms with Crippen molar-refractivity contribution < 1.29 is 14.7 Å². The van der Waals surface area contributed by atoms with Gasteiger partial charge in [0.05, 0.1) is 5.25 Å². The maximum atomic E-state index is 12.0. The number of hydrogen-bond donors (Lipinski definition) is 1. The van der Waals surface area contributed by atoms with Crippen LogP contribution in [0.25, 0.3) is 0 Å². The van der Waals surface area contributed by atoms with E-state index in [0.717, 1.165) is 12.8 Å². The van der Waals surface area contributed by atoms with Crippen LogP contribution < -0.4 is 0 Å². The van der Waals surface area contributed by atoms with Gasteiger partial charge in [-0.15, -0.1) is 11.8 Å². The molecule has 3 nitrogen and oxygen atoms in total. The number of aliphatic carboxylic acids is 1. The molecule has 0 aromatic rings. The number of carboxylic acids is 1. The van der Waals surface area contributed by atoms with E-state index in [9.17, 15) is 9.59 Å². The molecule has 1 aliphatic rings. The summed E-state index contributed by atoms with van der Waals surface area (Å²) < 4.78 is 0. The Labute approximate surface area is 94.6 Å². The van der Waals surface area contributed by atoms with Crippen molar-refractivity contribution in [2.75, 3.05) is 0 Å². The van der Waals surface area contributed by atoms with Crippen LogP contribution in [0, 0.1) is 5.41 Å². The third-order valence-corrected chi connectivity index (χ3v) is 4.11. The molecule has 0 bridgehead atoms. The molecule has 2 atom stereocenters. The molecular formula is C11H18O3S. The maximum Gasteiger partial charge on any atom is 0.316 e. The van der Waals surface area contributed by atoms with E-state index in [-0.39, 0.29) is 16.4 Å². The van der Waals surface area contributed by atoms with E-state index in [4.69, 9.17) is 5.11 Å². The van der Waals surface area contributed by atoms with Crippen LogP contribution in [0.15, 0.2) is 0 Å². The summed E-state index contributed by atoms with van der Waals surface area (Å²) in [4.78, 5) is 22.8. The Hall–Kier alpha value is -0.510. The molecule has 1 rings (SSSR count). The normalized spacial score (nSPS) is 27.4. The molecule has 0 amide bonds. The number of thioether (sulfide) groups is 1. The molecule has 4 heteroatoms. The second-order valence-corrected chi connectivity index (χ2v) is 6.41. The highest BCUT2D eigenvalue weighted by molar-refractivity contribution is 8.01. The van der Waals surface area contributed by atoms with Crippen molar-refractivity contribution >= 4 is 23.5 Å². The molecular weight excluding hydrogens is 212 g/mol. The van der Waals surface area contributed by atoms with Gasteiger partial charge in [-0.05, 0) is 12.8 Å². The van der Waals surface area contributed by atoms with Gasteiger partial charge in [-0.25, -0.2) is 0 Å². The van der Waals surface area contributed by atoms with Gasteiger partial charge < -0.3 is 5.11 Å². The zero-order valence-electron chi connectivity index (χ0n) is 9.45. The first-order valence-corrected chi connectivity index (χ1v) is 6.19. The van der Waals surface area contributed by atoms with Crippen LogP contribution in [0.3, 0.4) is 0 Å². The summed E-state index contributed by atoms with van der Waals surface area (Å²) in [5.41, 5.74) is -0.363. The molecule has 0 saturated carbocycles. The van der Waals surface area contributed by atoms with Crippen molar-refractivity contribution in [1.82, 2.24) is 0 Å². The molecule has 86 valence electrons. The fourth-order valence-electron chi connectivity index (χ4n) is 1.68. The van der Waals surface area contributed by atoms with Gasteiger partial charge in [-0.3, -0.25) is 9.59 Å². The first kappa shape index (κ1) is 12.6. The van der Waals surface area contributed by atoms with Gasteiger partial charge in [0.15, 0.2) is 5.78 Å². The lowest BCUT2D eigenvalue weighted by atomic mass is 9.87. The molecule has 1 N–H and O–H groups in total. The number of ketones is 1. The van der Waals surface area contributed by atoms with Gasteiger partial charge >= 0.3 is 5.97 Å². The maximum absolute atomic E-state index is 12.0. The standard InChI is InChI=1S/C11H18O3S/c1-11(2,3)9(12)7-5-4-6-8(15-7)10(13)14/h7-8H,4-6H2,1-3H3,(H,13,14). The van der Waals surface area contributed by atoms with Crippen LogP contribution in [0.1, 0.15) is 40.0 Å². The fraction of sp³-hybridized carbons (Fsp3) is 0.818. The Morgan fingerprint density at radius 1 is 1.20 bits per heavy atom. The van der Waals surface area contributed by atoms with Gasteiger partial charge in [0, 0.05) is 5.41 Å². The van der Waals surface area contributed by atoms with E-state index >= 15 is 0 Å². The predicted molar refractivity (Wildman–Crippen MR) is 61.1 cm³/mol. The number of carbonyl (C=O) groups excluding carboxylic acids is 1. The lowest BCUT2D eigenvalue weighted by Crippen LogP contribution is -2.35. The Kier molecular flexibility index (Phi) is 3.82. The first-order chi connectivity index (χ1) is 6.82. The van der Waals surface area contributed by atoms with E-state index in [1.807, 2.05) is 20.8 Å². The molecule has 0 aliphatic carbocycles. The van der Waals surface area contributed by atoms with Crippen LogP contribution >= 0.6 is 11.8 Å². The third-order valence-electron chi connectivity index (χ3n) is 2.57. The lowest BCUT2D eigenvalue weighted by molar-refractivity contribution is -0.136. The van der Waals surface area contributed by atoms with E-state index < -0.39 is 11.2 Å². The minimum atomic E-state index is -0.786. The second-order valence-electron chi connectivity index (χ2n) is 5.00. The Bertz CT molecular complexity index is 267. The Morgan fingerprint density at radius 3 is 2.20 bits per heavy atom. The van der Waals surface area contributed by atoms with Crippen LogP contribution in [0.2, 0.25) is 0 Å². The van der Waals surface area contributed by atoms with Crippen molar-refractivity contribution in [1.29, 1.82) is 0 Å². The Morgan fingerprint density at radius 2 is 1.73 bits per heavy atom. The average molecular weight is 230 g/mol. The third kappa shape index (κ3) is 3.23. The van der Waals surface area contributed by atoms with Crippen molar-refractivity contribution in [3.8, 4) is 0 Å².